The molecule has 0 spiro atoms. The molecule has 1 N–H and O–H groups in total. The van der Waals surface area contributed by atoms with E-state index in [0.29, 0.717) is 11.5 Å². The number of rotatable bonds is 3. The van der Waals surface area contributed by atoms with Crippen LogP contribution >= 0.6 is 0 Å². The highest BCUT2D eigenvalue weighted by atomic mass is 16.1. The smallest absolute Gasteiger partial charge is 0.257 e. The summed E-state index contributed by atoms with van der Waals surface area (Å²) >= 11 is 0. The van der Waals surface area contributed by atoms with Gasteiger partial charge < -0.3 is 5.32 Å². The standard InChI is InChI=1S/C16H18N2O/c1-11(2)13-6-8-14(9-7-13)18-16(19)15-5-4-10-17-12(15)3/h4-11H,1-3H3,(H,18,19). The number of pyridine rings is 1. The molecule has 0 aliphatic rings. The van der Waals surface area contributed by atoms with Gasteiger partial charge in [-0.15, -0.1) is 0 Å². The van der Waals surface area contributed by atoms with Crippen molar-refractivity contribution in [1.82, 2.24) is 4.98 Å². The van der Waals surface area contributed by atoms with Crippen LogP contribution in [0.1, 0.15) is 41.4 Å². The van der Waals surface area contributed by atoms with Crippen LogP contribution in [-0.2, 0) is 0 Å². The zero-order valence-electron chi connectivity index (χ0n) is 11.5. The average molecular weight is 254 g/mol. The predicted octanol–water partition coefficient (Wildman–Crippen LogP) is 3.77. The van der Waals surface area contributed by atoms with Gasteiger partial charge in [0.15, 0.2) is 0 Å². The Morgan fingerprint density at radius 3 is 2.42 bits per heavy atom. The third kappa shape index (κ3) is 3.19. The van der Waals surface area contributed by atoms with Crippen molar-refractivity contribution in [2.24, 2.45) is 0 Å². The van der Waals surface area contributed by atoms with Crippen LogP contribution in [0.25, 0.3) is 0 Å². The Balaban J connectivity index is 2.13. The van der Waals surface area contributed by atoms with E-state index < -0.39 is 0 Å². The second-order valence-corrected chi connectivity index (χ2v) is 4.87. The minimum absolute atomic E-state index is 0.122. The second-order valence-electron chi connectivity index (χ2n) is 4.87. The number of carbonyl (C=O) groups is 1. The molecule has 0 unspecified atom stereocenters. The molecule has 0 saturated carbocycles. The van der Waals surface area contributed by atoms with Gasteiger partial charge in [-0.2, -0.15) is 0 Å². The highest BCUT2D eigenvalue weighted by Crippen LogP contribution is 2.18. The lowest BCUT2D eigenvalue weighted by Gasteiger charge is -2.09. The predicted molar refractivity (Wildman–Crippen MR) is 77.5 cm³/mol. The number of aromatic nitrogens is 1. The largest absolute Gasteiger partial charge is 0.322 e. The van der Waals surface area contributed by atoms with Gasteiger partial charge in [0.2, 0.25) is 0 Å². The van der Waals surface area contributed by atoms with Crippen molar-refractivity contribution in [3.8, 4) is 0 Å². The summed E-state index contributed by atoms with van der Waals surface area (Å²) in [7, 11) is 0. The van der Waals surface area contributed by atoms with E-state index in [1.807, 2.05) is 31.2 Å². The fourth-order valence-corrected chi connectivity index (χ4v) is 1.87. The summed E-state index contributed by atoms with van der Waals surface area (Å²) < 4.78 is 0. The van der Waals surface area contributed by atoms with Gasteiger partial charge in [0.05, 0.1) is 5.56 Å². The van der Waals surface area contributed by atoms with Crippen LogP contribution in [0, 0.1) is 6.92 Å². The van der Waals surface area contributed by atoms with Crippen molar-refractivity contribution in [1.29, 1.82) is 0 Å². The number of nitrogens with one attached hydrogen (secondary N) is 1. The molecule has 1 amide bonds. The Bertz CT molecular complexity index is 574. The van der Waals surface area contributed by atoms with E-state index in [-0.39, 0.29) is 5.91 Å². The maximum atomic E-state index is 12.1. The lowest BCUT2D eigenvalue weighted by atomic mass is 10.0. The highest BCUT2D eigenvalue weighted by molar-refractivity contribution is 6.04. The van der Waals surface area contributed by atoms with Gasteiger partial charge in [0.1, 0.15) is 0 Å². The fraction of sp³-hybridized carbons (Fsp3) is 0.250. The summed E-state index contributed by atoms with van der Waals surface area (Å²) in [5, 5.41) is 2.89. The fourth-order valence-electron chi connectivity index (χ4n) is 1.87. The molecule has 0 aliphatic carbocycles. The number of nitrogens with zero attached hydrogens (tertiary/aromatic N) is 1. The molecule has 1 aromatic carbocycles. The Labute approximate surface area is 113 Å². The monoisotopic (exact) mass is 254 g/mol. The zero-order chi connectivity index (χ0) is 13.8. The lowest BCUT2D eigenvalue weighted by molar-refractivity contribution is 0.102. The van der Waals surface area contributed by atoms with Crippen molar-refractivity contribution < 1.29 is 4.79 Å². The SMILES string of the molecule is Cc1ncccc1C(=O)Nc1ccc(C(C)C)cc1. The molecular formula is C16H18N2O. The summed E-state index contributed by atoms with van der Waals surface area (Å²) in [5.41, 5.74) is 3.41. The number of anilines is 1. The van der Waals surface area contributed by atoms with Crippen molar-refractivity contribution in [2.75, 3.05) is 5.32 Å². The van der Waals surface area contributed by atoms with Gasteiger partial charge in [0, 0.05) is 17.6 Å². The molecule has 3 heteroatoms. The average Bonchev–Trinajstić information content (AvgIpc) is 2.39. The molecule has 0 radical (unpaired) electrons. The molecule has 3 nitrogen and oxygen atoms in total. The molecule has 1 heterocycles. The van der Waals surface area contributed by atoms with Crippen LogP contribution in [0.2, 0.25) is 0 Å². The Morgan fingerprint density at radius 1 is 1.16 bits per heavy atom. The summed E-state index contributed by atoms with van der Waals surface area (Å²) in [6, 6.07) is 11.5. The summed E-state index contributed by atoms with van der Waals surface area (Å²) in [4.78, 5) is 16.2. The molecule has 0 bridgehead atoms. The van der Waals surface area contributed by atoms with Gasteiger partial charge in [-0.05, 0) is 42.7 Å². The van der Waals surface area contributed by atoms with E-state index in [1.165, 1.54) is 5.56 Å². The van der Waals surface area contributed by atoms with Crippen LogP contribution in [0.5, 0.6) is 0 Å². The first-order chi connectivity index (χ1) is 9.08. The van der Waals surface area contributed by atoms with E-state index in [9.17, 15) is 4.79 Å². The van der Waals surface area contributed by atoms with Crippen LogP contribution in [-0.4, -0.2) is 10.9 Å². The molecule has 2 aromatic rings. The number of hydrogen-bond acceptors (Lipinski definition) is 2. The third-order valence-corrected chi connectivity index (χ3v) is 3.09. The van der Waals surface area contributed by atoms with E-state index in [4.69, 9.17) is 0 Å². The molecule has 0 aliphatic heterocycles. The molecule has 19 heavy (non-hydrogen) atoms. The third-order valence-electron chi connectivity index (χ3n) is 3.09. The number of hydrogen-bond donors (Lipinski definition) is 1. The van der Waals surface area contributed by atoms with Crippen LogP contribution in [0.4, 0.5) is 5.69 Å². The van der Waals surface area contributed by atoms with Gasteiger partial charge in [0.25, 0.3) is 5.91 Å². The van der Waals surface area contributed by atoms with E-state index in [0.717, 1.165) is 11.4 Å². The van der Waals surface area contributed by atoms with Gasteiger partial charge in [-0.3, -0.25) is 9.78 Å². The van der Waals surface area contributed by atoms with E-state index >= 15 is 0 Å². The first kappa shape index (κ1) is 13.3. The molecule has 0 atom stereocenters. The highest BCUT2D eigenvalue weighted by Gasteiger charge is 2.09. The van der Waals surface area contributed by atoms with Crippen molar-refractivity contribution in [2.45, 2.75) is 26.7 Å². The maximum absolute atomic E-state index is 12.1. The molecule has 0 saturated heterocycles. The number of aryl methyl sites for hydroxylation is 1. The number of amides is 1. The van der Waals surface area contributed by atoms with E-state index in [1.54, 1.807) is 18.3 Å². The van der Waals surface area contributed by atoms with E-state index in [2.05, 4.69) is 24.1 Å². The lowest BCUT2D eigenvalue weighted by Crippen LogP contribution is -2.13. The topological polar surface area (TPSA) is 42.0 Å². The summed E-state index contributed by atoms with van der Waals surface area (Å²) in [6.45, 7) is 6.12. The quantitative estimate of drug-likeness (QED) is 0.906. The summed E-state index contributed by atoms with van der Waals surface area (Å²) in [5.74, 6) is 0.369. The minimum Gasteiger partial charge on any atom is -0.322 e. The maximum Gasteiger partial charge on any atom is 0.257 e. The van der Waals surface area contributed by atoms with Crippen LogP contribution in [0.3, 0.4) is 0 Å². The zero-order valence-corrected chi connectivity index (χ0v) is 11.5. The Kier molecular flexibility index (Phi) is 3.95. The van der Waals surface area contributed by atoms with Crippen molar-refractivity contribution >= 4 is 11.6 Å². The van der Waals surface area contributed by atoms with Crippen LogP contribution < -0.4 is 5.32 Å². The molecular weight excluding hydrogens is 236 g/mol. The second kappa shape index (κ2) is 5.65. The number of carbonyl (C=O) groups excluding carboxylic acids is 1. The Hall–Kier alpha value is -2.16. The van der Waals surface area contributed by atoms with Crippen molar-refractivity contribution in [3.63, 3.8) is 0 Å². The van der Waals surface area contributed by atoms with Crippen molar-refractivity contribution in [3.05, 3.63) is 59.4 Å². The molecule has 1 aromatic heterocycles. The first-order valence-electron chi connectivity index (χ1n) is 6.41. The molecule has 2 rings (SSSR count). The molecule has 0 fully saturated rings. The van der Waals surface area contributed by atoms with Crippen LogP contribution in [0.15, 0.2) is 42.6 Å². The van der Waals surface area contributed by atoms with Gasteiger partial charge >= 0.3 is 0 Å². The first-order valence-corrected chi connectivity index (χ1v) is 6.41. The molecule has 98 valence electrons. The summed E-state index contributed by atoms with van der Waals surface area (Å²) in [6.07, 6.45) is 1.68. The minimum atomic E-state index is -0.122. The number of benzene rings is 1. The normalized spacial score (nSPS) is 10.5. The van der Waals surface area contributed by atoms with Gasteiger partial charge in [-0.1, -0.05) is 26.0 Å². The Morgan fingerprint density at radius 2 is 1.84 bits per heavy atom. The van der Waals surface area contributed by atoms with Gasteiger partial charge in [-0.25, -0.2) is 0 Å².